The van der Waals surface area contributed by atoms with Gasteiger partial charge in [0.15, 0.2) is 0 Å². The van der Waals surface area contributed by atoms with Gasteiger partial charge in [-0.1, -0.05) is 24.8 Å². The Morgan fingerprint density at radius 1 is 1.38 bits per heavy atom. The standard InChI is InChI=1S/C16H15NO4/c1-4-16(18)8-21-15-10(3)7-12(17(19)20)13-9(2)5-6-11(16)14(13)15/h4-7,18H,1,8H2,2-3H3. The van der Waals surface area contributed by atoms with Crippen molar-refractivity contribution >= 4 is 16.5 Å². The smallest absolute Gasteiger partial charge is 0.278 e. The normalized spacial score (nSPS) is 20.1. The molecule has 3 rings (SSSR count). The Hall–Kier alpha value is -2.40. The van der Waals surface area contributed by atoms with Gasteiger partial charge in [-0.25, -0.2) is 0 Å². The minimum absolute atomic E-state index is 0.0301. The summed E-state index contributed by atoms with van der Waals surface area (Å²) < 4.78 is 5.68. The van der Waals surface area contributed by atoms with Crippen molar-refractivity contribution in [2.24, 2.45) is 0 Å². The first-order chi connectivity index (χ1) is 9.89. The van der Waals surface area contributed by atoms with Gasteiger partial charge in [-0.15, -0.1) is 0 Å². The molecule has 0 saturated heterocycles. The van der Waals surface area contributed by atoms with Gasteiger partial charge in [0.1, 0.15) is 18.0 Å². The Morgan fingerprint density at radius 3 is 2.71 bits per heavy atom. The van der Waals surface area contributed by atoms with Gasteiger partial charge in [-0.2, -0.15) is 0 Å². The zero-order chi connectivity index (χ0) is 15.4. The molecule has 1 unspecified atom stereocenters. The van der Waals surface area contributed by atoms with Crippen LogP contribution >= 0.6 is 0 Å². The van der Waals surface area contributed by atoms with E-state index in [9.17, 15) is 15.2 Å². The number of nitro groups is 1. The highest BCUT2D eigenvalue weighted by Crippen LogP contribution is 2.46. The van der Waals surface area contributed by atoms with Crippen LogP contribution < -0.4 is 4.74 Å². The van der Waals surface area contributed by atoms with Crippen LogP contribution in [0.4, 0.5) is 5.69 Å². The van der Waals surface area contributed by atoms with Crippen molar-refractivity contribution in [1.29, 1.82) is 0 Å². The predicted molar refractivity (Wildman–Crippen MR) is 79.7 cm³/mol. The molecule has 1 aliphatic rings. The minimum atomic E-state index is -1.33. The molecule has 5 heteroatoms. The number of hydrogen-bond acceptors (Lipinski definition) is 4. The summed E-state index contributed by atoms with van der Waals surface area (Å²) in [5.41, 5.74) is 0.764. The lowest BCUT2D eigenvalue weighted by Gasteiger charge is -2.32. The average Bonchev–Trinajstić information content (AvgIpc) is 2.45. The van der Waals surface area contributed by atoms with E-state index in [1.807, 2.05) is 6.92 Å². The van der Waals surface area contributed by atoms with Crippen molar-refractivity contribution in [3.8, 4) is 5.75 Å². The summed E-state index contributed by atoms with van der Waals surface area (Å²) in [5.74, 6) is 0.598. The van der Waals surface area contributed by atoms with E-state index in [0.29, 0.717) is 27.6 Å². The Labute approximate surface area is 121 Å². The van der Waals surface area contributed by atoms with E-state index in [2.05, 4.69) is 6.58 Å². The second-order valence-electron chi connectivity index (χ2n) is 5.40. The van der Waals surface area contributed by atoms with E-state index in [4.69, 9.17) is 4.74 Å². The molecule has 0 radical (unpaired) electrons. The average molecular weight is 285 g/mol. The molecular formula is C16H15NO4. The van der Waals surface area contributed by atoms with Gasteiger partial charge in [0.25, 0.3) is 5.69 Å². The number of benzene rings is 2. The van der Waals surface area contributed by atoms with Crippen molar-refractivity contribution in [2.45, 2.75) is 19.4 Å². The summed E-state index contributed by atoms with van der Waals surface area (Å²) in [7, 11) is 0. The number of aliphatic hydroxyl groups is 1. The highest BCUT2D eigenvalue weighted by atomic mass is 16.6. The van der Waals surface area contributed by atoms with Crippen LogP contribution in [0.1, 0.15) is 16.7 Å². The molecule has 0 saturated carbocycles. The fraction of sp³-hybridized carbons (Fsp3) is 0.250. The van der Waals surface area contributed by atoms with Gasteiger partial charge >= 0.3 is 0 Å². The lowest BCUT2D eigenvalue weighted by Crippen LogP contribution is -2.34. The minimum Gasteiger partial charge on any atom is -0.489 e. The van der Waals surface area contributed by atoms with Gasteiger partial charge in [-0.05, 0) is 25.0 Å². The molecule has 0 aromatic heterocycles. The van der Waals surface area contributed by atoms with Crippen LogP contribution in [0.25, 0.3) is 10.8 Å². The monoisotopic (exact) mass is 285 g/mol. The quantitative estimate of drug-likeness (QED) is 0.522. The SMILES string of the molecule is C=CC1(O)COc2c(C)cc([N+](=O)[O-])c3c(C)ccc1c23. The van der Waals surface area contributed by atoms with E-state index >= 15 is 0 Å². The van der Waals surface area contributed by atoms with Gasteiger partial charge in [-0.3, -0.25) is 10.1 Å². The van der Waals surface area contributed by atoms with Crippen LogP contribution in [0.3, 0.4) is 0 Å². The molecule has 1 atom stereocenters. The van der Waals surface area contributed by atoms with Gasteiger partial charge < -0.3 is 9.84 Å². The summed E-state index contributed by atoms with van der Waals surface area (Å²) in [6.45, 7) is 7.29. The lowest BCUT2D eigenvalue weighted by atomic mass is 9.85. The molecule has 0 bridgehead atoms. The van der Waals surface area contributed by atoms with E-state index in [1.54, 1.807) is 19.1 Å². The largest absolute Gasteiger partial charge is 0.489 e. The first-order valence-corrected chi connectivity index (χ1v) is 6.59. The molecule has 2 aromatic carbocycles. The maximum Gasteiger partial charge on any atom is 0.278 e. The van der Waals surface area contributed by atoms with Crippen LogP contribution in [-0.4, -0.2) is 16.6 Å². The van der Waals surface area contributed by atoms with Crippen molar-refractivity contribution in [3.63, 3.8) is 0 Å². The number of hydrogen-bond donors (Lipinski definition) is 1. The summed E-state index contributed by atoms with van der Waals surface area (Å²) in [5, 5.41) is 23.1. The molecule has 108 valence electrons. The third-order valence-corrected chi connectivity index (χ3v) is 4.05. The van der Waals surface area contributed by atoms with Crippen LogP contribution in [0.2, 0.25) is 0 Å². The summed E-state index contributed by atoms with van der Waals surface area (Å²) in [6.07, 6.45) is 1.41. The molecular weight excluding hydrogens is 270 g/mol. The molecule has 2 aromatic rings. The fourth-order valence-electron chi connectivity index (χ4n) is 2.93. The first kappa shape index (κ1) is 13.6. The van der Waals surface area contributed by atoms with E-state index in [0.717, 1.165) is 5.56 Å². The number of non-ortho nitro benzene ring substituents is 1. The first-order valence-electron chi connectivity index (χ1n) is 6.59. The van der Waals surface area contributed by atoms with Gasteiger partial charge in [0, 0.05) is 17.0 Å². The molecule has 5 nitrogen and oxygen atoms in total. The molecule has 0 spiro atoms. The van der Waals surface area contributed by atoms with E-state index in [-0.39, 0.29) is 12.3 Å². The number of rotatable bonds is 2. The fourth-order valence-corrected chi connectivity index (χ4v) is 2.93. The van der Waals surface area contributed by atoms with Crippen LogP contribution in [0, 0.1) is 24.0 Å². The number of nitrogens with zero attached hydrogens (tertiary/aromatic N) is 1. The molecule has 1 aliphatic heterocycles. The topological polar surface area (TPSA) is 72.6 Å². The van der Waals surface area contributed by atoms with E-state index < -0.39 is 10.5 Å². The number of aryl methyl sites for hydroxylation is 2. The van der Waals surface area contributed by atoms with Crippen LogP contribution in [0.15, 0.2) is 30.9 Å². The van der Waals surface area contributed by atoms with E-state index in [1.165, 1.54) is 12.1 Å². The van der Waals surface area contributed by atoms with Crippen molar-refractivity contribution in [3.05, 3.63) is 57.7 Å². The third kappa shape index (κ3) is 1.74. The maximum absolute atomic E-state index is 11.4. The Kier molecular flexibility index (Phi) is 2.78. The molecule has 1 N–H and O–H groups in total. The molecule has 0 fully saturated rings. The molecule has 0 amide bonds. The second-order valence-corrected chi connectivity index (χ2v) is 5.40. The summed E-state index contributed by atoms with van der Waals surface area (Å²) in [4.78, 5) is 11.0. The highest BCUT2D eigenvalue weighted by molar-refractivity contribution is 6.02. The van der Waals surface area contributed by atoms with Crippen molar-refractivity contribution in [1.82, 2.24) is 0 Å². The van der Waals surface area contributed by atoms with Crippen LogP contribution in [0.5, 0.6) is 5.75 Å². The Balaban J connectivity index is 2.56. The number of nitro benzene ring substituents is 1. The molecule has 0 aliphatic carbocycles. The van der Waals surface area contributed by atoms with Crippen molar-refractivity contribution < 1.29 is 14.8 Å². The third-order valence-electron chi connectivity index (χ3n) is 4.05. The van der Waals surface area contributed by atoms with Gasteiger partial charge in [0.05, 0.1) is 10.3 Å². The Morgan fingerprint density at radius 2 is 2.10 bits per heavy atom. The number of ether oxygens (including phenoxy) is 1. The summed E-state index contributed by atoms with van der Waals surface area (Å²) in [6, 6.07) is 5.09. The highest BCUT2D eigenvalue weighted by Gasteiger charge is 2.36. The second kappa shape index (κ2) is 4.30. The van der Waals surface area contributed by atoms with Crippen molar-refractivity contribution in [2.75, 3.05) is 6.61 Å². The lowest BCUT2D eigenvalue weighted by molar-refractivity contribution is -0.383. The maximum atomic E-state index is 11.4. The predicted octanol–water partition coefficient (Wildman–Crippen LogP) is 3.13. The summed E-state index contributed by atoms with van der Waals surface area (Å²) >= 11 is 0. The molecule has 1 heterocycles. The zero-order valence-corrected chi connectivity index (χ0v) is 11.8. The van der Waals surface area contributed by atoms with Gasteiger partial charge in [0.2, 0.25) is 0 Å². The Bertz CT molecular complexity index is 797. The zero-order valence-electron chi connectivity index (χ0n) is 11.8. The van der Waals surface area contributed by atoms with Crippen LogP contribution in [-0.2, 0) is 5.60 Å². The molecule has 21 heavy (non-hydrogen) atoms.